The molecule has 156 valence electrons. The number of nitrogens with zero attached hydrogens (tertiary/aromatic N) is 2. The average Bonchev–Trinajstić information content (AvgIpc) is 2.67. The summed E-state index contributed by atoms with van der Waals surface area (Å²) in [5, 5.41) is 0.274. The number of rotatable bonds is 5. The number of ether oxygens (including phenoxy) is 2. The number of hydrogen-bond donors (Lipinski definition) is 1. The molecule has 29 heavy (non-hydrogen) atoms. The molecule has 2 aliphatic rings. The Morgan fingerprint density at radius 1 is 1.48 bits per heavy atom. The van der Waals surface area contributed by atoms with Crippen LogP contribution in [0.3, 0.4) is 0 Å². The fourth-order valence-corrected chi connectivity index (χ4v) is 4.75. The molecule has 0 spiro atoms. The van der Waals surface area contributed by atoms with E-state index in [4.69, 9.17) is 15.2 Å². The summed E-state index contributed by atoms with van der Waals surface area (Å²) < 4.78 is 41.8. The van der Waals surface area contributed by atoms with E-state index in [1.807, 2.05) is 13.8 Å². The molecule has 2 heterocycles. The van der Waals surface area contributed by atoms with Crippen LogP contribution < -0.4 is 5.73 Å². The van der Waals surface area contributed by atoms with Crippen LogP contribution in [0.25, 0.3) is 5.57 Å². The van der Waals surface area contributed by atoms with Crippen LogP contribution in [-0.4, -0.2) is 43.1 Å². The minimum absolute atomic E-state index is 0.00118. The van der Waals surface area contributed by atoms with E-state index in [1.165, 1.54) is 37.2 Å². The Kier molecular flexibility index (Phi) is 6.14. The second kappa shape index (κ2) is 8.28. The summed E-state index contributed by atoms with van der Waals surface area (Å²) in [6.45, 7) is 7.04. The van der Waals surface area contributed by atoms with Gasteiger partial charge < -0.3 is 15.2 Å². The highest BCUT2D eigenvalue weighted by Gasteiger charge is 2.59. The third-order valence-corrected chi connectivity index (χ3v) is 6.31. The molecular formula is C21H25F2N3O2S. The zero-order valence-electron chi connectivity index (χ0n) is 16.7. The van der Waals surface area contributed by atoms with Crippen LogP contribution >= 0.6 is 11.8 Å². The largest absolute Gasteiger partial charge is 0.495 e. The van der Waals surface area contributed by atoms with Crippen molar-refractivity contribution in [1.29, 1.82) is 0 Å². The van der Waals surface area contributed by atoms with Crippen LogP contribution in [-0.2, 0) is 15.0 Å². The molecule has 0 amide bonds. The summed E-state index contributed by atoms with van der Waals surface area (Å²) in [4.78, 5) is 8.16. The summed E-state index contributed by atoms with van der Waals surface area (Å²) in [7, 11) is 1.51. The summed E-state index contributed by atoms with van der Waals surface area (Å²) in [5.41, 5.74) is 4.59. The third kappa shape index (κ3) is 4.09. The number of thioether (sulfide) groups is 1. The predicted molar refractivity (Wildman–Crippen MR) is 114 cm³/mol. The lowest BCUT2D eigenvalue weighted by Gasteiger charge is -2.49. The van der Waals surface area contributed by atoms with E-state index < -0.39 is 17.0 Å². The highest BCUT2D eigenvalue weighted by atomic mass is 32.2. The van der Waals surface area contributed by atoms with Gasteiger partial charge >= 0.3 is 0 Å². The monoisotopic (exact) mass is 421 g/mol. The number of benzene rings is 1. The van der Waals surface area contributed by atoms with Gasteiger partial charge in [0.25, 0.3) is 0 Å². The van der Waals surface area contributed by atoms with Crippen LogP contribution in [0.4, 0.5) is 8.78 Å². The van der Waals surface area contributed by atoms with Gasteiger partial charge in [-0.15, -0.1) is 0 Å². The van der Waals surface area contributed by atoms with Gasteiger partial charge in [0.15, 0.2) is 10.8 Å². The highest BCUT2D eigenvalue weighted by Crippen LogP contribution is 2.51. The number of hydrogen-bond acceptors (Lipinski definition) is 6. The van der Waals surface area contributed by atoms with E-state index in [0.29, 0.717) is 16.9 Å². The molecular weight excluding hydrogens is 396 g/mol. The van der Waals surface area contributed by atoms with E-state index in [0.717, 1.165) is 5.57 Å². The van der Waals surface area contributed by atoms with E-state index >= 15 is 4.39 Å². The number of methoxy groups -OCH3 is 1. The van der Waals surface area contributed by atoms with Crippen molar-refractivity contribution in [1.82, 2.24) is 0 Å². The summed E-state index contributed by atoms with van der Waals surface area (Å²) in [6.07, 6.45) is 3.08. The smallest absolute Gasteiger partial charge is 0.155 e. The minimum atomic E-state index is -1.69. The Labute approximate surface area is 173 Å². The van der Waals surface area contributed by atoms with Gasteiger partial charge in [-0.3, -0.25) is 4.99 Å². The Morgan fingerprint density at radius 3 is 2.93 bits per heavy atom. The van der Waals surface area contributed by atoms with Crippen molar-refractivity contribution in [3.8, 4) is 0 Å². The maximum Gasteiger partial charge on any atom is 0.155 e. The normalized spacial score (nSPS) is 30.4. The van der Waals surface area contributed by atoms with Crippen molar-refractivity contribution in [2.75, 3.05) is 19.5 Å². The molecule has 0 saturated carbocycles. The van der Waals surface area contributed by atoms with Crippen LogP contribution in [0, 0.1) is 5.82 Å². The molecule has 1 saturated heterocycles. The number of aliphatic imine (C=N–C) groups is 2. The molecule has 3 rings (SSSR count). The standard InChI is InChI=1S/C21H25F2N3O2S/c1-13(5-18(27-4)10-25-3)15-6-16(8-17(22)7-15)21-11-28-14(2)9-20(21,23)12-29-19(24)26-21/h5-8,10,14H,3,9,11-12H2,1-2,4H3,(H2,24,26)/b13-5+,18-10+/t14-,20+,21+/m0/s1. The SMILES string of the molecule is C=N/C=C(\C=C(/C)c1cc(F)cc([C@]23CO[C@@H](C)C[C@@]2(F)CSC(N)=N3)c1)OC. The molecule has 2 N–H and O–H groups in total. The van der Waals surface area contributed by atoms with Gasteiger partial charge in [-0.2, -0.15) is 0 Å². The quantitative estimate of drug-likeness (QED) is 0.440. The second-order valence-electron chi connectivity index (χ2n) is 7.36. The van der Waals surface area contributed by atoms with Crippen molar-refractivity contribution < 1.29 is 18.3 Å². The van der Waals surface area contributed by atoms with Gasteiger partial charge in [0, 0.05) is 12.2 Å². The number of amidine groups is 1. The van der Waals surface area contributed by atoms with Crippen LogP contribution in [0.15, 0.2) is 46.2 Å². The Bertz CT molecular complexity index is 902. The first-order chi connectivity index (χ1) is 13.7. The molecule has 2 aliphatic heterocycles. The predicted octanol–water partition coefficient (Wildman–Crippen LogP) is 4.19. The third-order valence-electron chi connectivity index (χ3n) is 5.32. The molecule has 0 aliphatic carbocycles. The van der Waals surface area contributed by atoms with Gasteiger partial charge in [-0.05, 0) is 61.5 Å². The molecule has 0 radical (unpaired) electrons. The minimum Gasteiger partial charge on any atom is -0.495 e. The maximum absolute atomic E-state index is 16.2. The molecule has 3 atom stereocenters. The molecule has 0 bridgehead atoms. The lowest BCUT2D eigenvalue weighted by Crippen LogP contribution is -2.60. The van der Waals surface area contributed by atoms with Crippen LogP contribution in [0.1, 0.15) is 31.4 Å². The van der Waals surface area contributed by atoms with Crippen LogP contribution in [0.2, 0.25) is 0 Å². The number of allylic oxidation sites excluding steroid dienone is 2. The fraction of sp³-hybridized carbons (Fsp3) is 0.429. The van der Waals surface area contributed by atoms with Crippen molar-refractivity contribution in [2.45, 2.75) is 37.6 Å². The molecule has 1 aromatic carbocycles. The highest BCUT2D eigenvalue weighted by molar-refractivity contribution is 8.13. The number of fused-ring (bicyclic) bond motifs is 1. The summed E-state index contributed by atoms with van der Waals surface area (Å²) >= 11 is 1.18. The molecule has 8 heteroatoms. The van der Waals surface area contributed by atoms with Gasteiger partial charge in [0.05, 0.1) is 26.0 Å². The number of alkyl halides is 1. The van der Waals surface area contributed by atoms with Crippen molar-refractivity contribution in [3.63, 3.8) is 0 Å². The first-order valence-corrected chi connectivity index (χ1v) is 10.2. The summed E-state index contributed by atoms with van der Waals surface area (Å²) in [5.74, 6) is 0.128. The van der Waals surface area contributed by atoms with E-state index in [2.05, 4.69) is 16.7 Å². The first kappa shape index (κ1) is 21.5. The molecule has 0 unspecified atom stereocenters. The molecule has 5 nitrogen and oxygen atoms in total. The first-order valence-electron chi connectivity index (χ1n) is 9.21. The van der Waals surface area contributed by atoms with Gasteiger partial charge in [-0.1, -0.05) is 11.8 Å². The van der Waals surface area contributed by atoms with E-state index in [1.54, 1.807) is 12.1 Å². The number of halogens is 2. The van der Waals surface area contributed by atoms with E-state index in [-0.39, 0.29) is 30.1 Å². The van der Waals surface area contributed by atoms with E-state index in [9.17, 15) is 4.39 Å². The van der Waals surface area contributed by atoms with Crippen molar-refractivity contribution >= 4 is 29.2 Å². The van der Waals surface area contributed by atoms with Gasteiger partial charge in [0.2, 0.25) is 0 Å². The Balaban J connectivity index is 2.13. The van der Waals surface area contributed by atoms with Crippen molar-refractivity contribution in [2.24, 2.45) is 15.7 Å². The Hall–Kier alpha value is -2.19. The Morgan fingerprint density at radius 2 is 2.24 bits per heavy atom. The van der Waals surface area contributed by atoms with Gasteiger partial charge in [-0.25, -0.2) is 13.8 Å². The molecule has 0 aromatic heterocycles. The van der Waals surface area contributed by atoms with Crippen LogP contribution in [0.5, 0.6) is 0 Å². The topological polar surface area (TPSA) is 69.2 Å². The fourth-order valence-electron chi connectivity index (χ4n) is 3.79. The van der Waals surface area contributed by atoms with Crippen molar-refractivity contribution in [3.05, 3.63) is 53.2 Å². The zero-order valence-corrected chi connectivity index (χ0v) is 17.6. The molecule has 1 fully saturated rings. The van der Waals surface area contributed by atoms with Gasteiger partial charge in [0.1, 0.15) is 17.1 Å². The number of nitrogens with two attached hydrogens (primary N) is 1. The summed E-state index contributed by atoms with van der Waals surface area (Å²) in [6, 6.07) is 4.44. The molecule has 1 aromatic rings. The maximum atomic E-state index is 16.2. The lowest BCUT2D eigenvalue weighted by molar-refractivity contribution is -0.106. The zero-order chi connectivity index (χ0) is 21.2. The lowest BCUT2D eigenvalue weighted by atomic mass is 9.72. The second-order valence-corrected chi connectivity index (χ2v) is 8.36. The average molecular weight is 422 g/mol.